The minimum absolute atomic E-state index is 0.138. The highest BCUT2D eigenvalue weighted by molar-refractivity contribution is 14.1. The summed E-state index contributed by atoms with van der Waals surface area (Å²) in [6.07, 6.45) is 1.91. The number of aryl methyl sites for hydroxylation is 1. The molecular formula is C13H15IN2O. The smallest absolute Gasteiger partial charge is 0.181 e. The Labute approximate surface area is 114 Å². The Bertz CT molecular complexity index is 574. The molecule has 0 aliphatic heterocycles. The number of carbonyl (C=O) groups is 1. The van der Waals surface area contributed by atoms with Crippen molar-refractivity contribution in [2.45, 2.75) is 13.0 Å². The van der Waals surface area contributed by atoms with Crippen LogP contribution in [0, 0.1) is 3.57 Å². The van der Waals surface area contributed by atoms with Crippen molar-refractivity contribution in [3.05, 3.63) is 33.5 Å². The molecule has 2 rings (SSSR count). The van der Waals surface area contributed by atoms with Gasteiger partial charge in [0.2, 0.25) is 0 Å². The zero-order valence-corrected chi connectivity index (χ0v) is 12.3. The number of Topliss-reactive ketones (excluding diaryl/α,β-unsaturated/α-hetero) is 1. The quantitative estimate of drug-likeness (QED) is 0.687. The zero-order valence-electron chi connectivity index (χ0n) is 10.1. The largest absolute Gasteiger partial charge is 0.350 e. The van der Waals surface area contributed by atoms with Gasteiger partial charge in [-0.1, -0.05) is 6.07 Å². The van der Waals surface area contributed by atoms with Gasteiger partial charge in [0.05, 0.1) is 6.04 Å². The summed E-state index contributed by atoms with van der Waals surface area (Å²) in [6.45, 7) is 1.88. The van der Waals surface area contributed by atoms with Gasteiger partial charge in [-0.15, -0.1) is 0 Å². The number of carbonyl (C=O) groups excluding carboxylic acids is 1. The average molecular weight is 342 g/mol. The van der Waals surface area contributed by atoms with Gasteiger partial charge < -0.3 is 9.88 Å². The summed E-state index contributed by atoms with van der Waals surface area (Å²) in [5, 5.41) is 4.02. The van der Waals surface area contributed by atoms with Crippen molar-refractivity contribution in [1.29, 1.82) is 0 Å². The molecule has 1 aromatic heterocycles. The summed E-state index contributed by atoms with van der Waals surface area (Å²) in [4.78, 5) is 12.2. The van der Waals surface area contributed by atoms with Crippen molar-refractivity contribution in [2.24, 2.45) is 7.05 Å². The number of fused-ring (bicyclic) bond motifs is 1. The third-order valence-corrected chi connectivity index (χ3v) is 3.72. The second-order valence-electron chi connectivity index (χ2n) is 4.19. The Morgan fingerprint density at radius 2 is 2.18 bits per heavy atom. The predicted octanol–water partition coefficient (Wildman–Crippen LogP) is 2.57. The van der Waals surface area contributed by atoms with Gasteiger partial charge in [-0.2, -0.15) is 0 Å². The van der Waals surface area contributed by atoms with Crippen LogP contribution in [0.4, 0.5) is 0 Å². The first-order valence-corrected chi connectivity index (χ1v) is 6.58. The van der Waals surface area contributed by atoms with Gasteiger partial charge in [0, 0.05) is 33.3 Å². The molecule has 0 saturated carbocycles. The standard InChI is InChI=1S/C13H15IN2O/c1-8(15-2)13(17)11-7-16(3)12-6-9(14)4-5-10(11)12/h4-8,15H,1-3H3. The Hall–Kier alpha value is -0.880. The first-order valence-electron chi connectivity index (χ1n) is 5.50. The van der Waals surface area contributed by atoms with E-state index in [9.17, 15) is 4.79 Å². The highest BCUT2D eigenvalue weighted by Gasteiger charge is 2.18. The van der Waals surface area contributed by atoms with E-state index in [1.54, 1.807) is 7.05 Å². The first-order chi connectivity index (χ1) is 8.04. The van der Waals surface area contributed by atoms with Gasteiger partial charge in [-0.3, -0.25) is 4.79 Å². The van der Waals surface area contributed by atoms with E-state index in [4.69, 9.17) is 0 Å². The van der Waals surface area contributed by atoms with Crippen molar-refractivity contribution < 1.29 is 4.79 Å². The molecule has 0 bridgehead atoms. The monoisotopic (exact) mass is 342 g/mol. The molecule has 0 radical (unpaired) electrons. The van der Waals surface area contributed by atoms with Crippen LogP contribution in [0.15, 0.2) is 24.4 Å². The van der Waals surface area contributed by atoms with Crippen LogP contribution in [0.5, 0.6) is 0 Å². The number of likely N-dealkylation sites (N-methyl/N-ethyl adjacent to an activating group) is 1. The van der Waals surface area contributed by atoms with Crippen molar-refractivity contribution in [1.82, 2.24) is 9.88 Å². The number of nitrogens with zero attached hydrogens (tertiary/aromatic N) is 1. The Kier molecular flexibility index (Phi) is 3.53. The molecule has 0 aliphatic rings. The fourth-order valence-electron chi connectivity index (χ4n) is 1.92. The van der Waals surface area contributed by atoms with Crippen LogP contribution >= 0.6 is 22.6 Å². The third kappa shape index (κ3) is 2.24. The number of hydrogen-bond acceptors (Lipinski definition) is 2. The fraction of sp³-hybridized carbons (Fsp3) is 0.308. The van der Waals surface area contributed by atoms with E-state index < -0.39 is 0 Å². The van der Waals surface area contributed by atoms with Crippen LogP contribution in [-0.2, 0) is 7.05 Å². The lowest BCUT2D eigenvalue weighted by Crippen LogP contribution is -2.30. The summed E-state index contributed by atoms with van der Waals surface area (Å²) in [6, 6.07) is 5.99. The molecule has 90 valence electrons. The average Bonchev–Trinajstić information content (AvgIpc) is 2.64. The lowest BCUT2D eigenvalue weighted by atomic mass is 10.0. The Balaban J connectivity index is 2.60. The van der Waals surface area contributed by atoms with E-state index in [1.807, 2.05) is 36.9 Å². The van der Waals surface area contributed by atoms with Gasteiger partial charge in [-0.25, -0.2) is 0 Å². The Morgan fingerprint density at radius 3 is 2.82 bits per heavy atom. The van der Waals surface area contributed by atoms with Crippen LogP contribution in [0.3, 0.4) is 0 Å². The second-order valence-corrected chi connectivity index (χ2v) is 5.44. The molecule has 1 heterocycles. The van der Waals surface area contributed by atoms with E-state index in [2.05, 4.69) is 34.0 Å². The van der Waals surface area contributed by atoms with Crippen molar-refractivity contribution >= 4 is 39.3 Å². The highest BCUT2D eigenvalue weighted by Crippen LogP contribution is 2.23. The van der Waals surface area contributed by atoms with Crippen LogP contribution in [0.2, 0.25) is 0 Å². The predicted molar refractivity (Wildman–Crippen MR) is 78.5 cm³/mol. The first kappa shape index (κ1) is 12.6. The van der Waals surface area contributed by atoms with Crippen molar-refractivity contribution in [3.63, 3.8) is 0 Å². The van der Waals surface area contributed by atoms with Gasteiger partial charge >= 0.3 is 0 Å². The summed E-state index contributed by atoms with van der Waals surface area (Å²) >= 11 is 2.28. The number of nitrogens with one attached hydrogen (secondary N) is 1. The van der Waals surface area contributed by atoms with E-state index >= 15 is 0 Å². The van der Waals surface area contributed by atoms with E-state index in [1.165, 1.54) is 3.57 Å². The maximum absolute atomic E-state index is 12.2. The molecule has 0 aliphatic carbocycles. The normalized spacial score (nSPS) is 12.9. The molecule has 0 fully saturated rings. The van der Waals surface area contributed by atoms with Gasteiger partial charge in [-0.05, 0) is 48.7 Å². The second kappa shape index (κ2) is 4.78. The maximum atomic E-state index is 12.2. The Morgan fingerprint density at radius 1 is 1.47 bits per heavy atom. The molecule has 4 heteroatoms. The van der Waals surface area contributed by atoms with E-state index in [-0.39, 0.29) is 11.8 Å². The SMILES string of the molecule is CNC(C)C(=O)c1cn(C)c2cc(I)ccc12. The molecule has 0 saturated heterocycles. The van der Waals surface area contributed by atoms with Gasteiger partial charge in [0.15, 0.2) is 5.78 Å². The topological polar surface area (TPSA) is 34.0 Å². The highest BCUT2D eigenvalue weighted by atomic mass is 127. The maximum Gasteiger partial charge on any atom is 0.181 e. The number of aromatic nitrogens is 1. The molecule has 3 nitrogen and oxygen atoms in total. The molecule has 1 N–H and O–H groups in total. The molecule has 1 aromatic carbocycles. The van der Waals surface area contributed by atoms with E-state index in [0.29, 0.717) is 0 Å². The van der Waals surface area contributed by atoms with Crippen molar-refractivity contribution in [2.75, 3.05) is 7.05 Å². The zero-order chi connectivity index (χ0) is 12.6. The van der Waals surface area contributed by atoms with Crippen LogP contribution in [0.25, 0.3) is 10.9 Å². The number of halogens is 1. The molecule has 1 atom stereocenters. The molecular weight excluding hydrogens is 327 g/mol. The lowest BCUT2D eigenvalue weighted by molar-refractivity contribution is 0.0956. The molecule has 17 heavy (non-hydrogen) atoms. The molecule has 1 unspecified atom stereocenters. The lowest BCUT2D eigenvalue weighted by Gasteiger charge is -2.07. The molecule has 0 spiro atoms. The fourth-order valence-corrected chi connectivity index (χ4v) is 2.39. The van der Waals surface area contributed by atoms with Crippen LogP contribution in [0.1, 0.15) is 17.3 Å². The number of hydrogen-bond donors (Lipinski definition) is 1. The number of benzene rings is 1. The van der Waals surface area contributed by atoms with Gasteiger partial charge in [0.25, 0.3) is 0 Å². The third-order valence-electron chi connectivity index (χ3n) is 3.04. The number of ketones is 1. The minimum Gasteiger partial charge on any atom is -0.350 e. The van der Waals surface area contributed by atoms with Gasteiger partial charge in [0.1, 0.15) is 0 Å². The minimum atomic E-state index is -0.153. The van der Waals surface area contributed by atoms with E-state index in [0.717, 1.165) is 16.5 Å². The summed E-state index contributed by atoms with van der Waals surface area (Å²) in [7, 11) is 3.77. The molecule has 2 aromatic rings. The van der Waals surface area contributed by atoms with Crippen molar-refractivity contribution in [3.8, 4) is 0 Å². The summed E-state index contributed by atoms with van der Waals surface area (Å²) < 4.78 is 3.18. The van der Waals surface area contributed by atoms with Crippen LogP contribution in [-0.4, -0.2) is 23.4 Å². The number of rotatable bonds is 3. The summed E-state index contributed by atoms with van der Waals surface area (Å²) in [5.74, 6) is 0.138. The molecule has 0 amide bonds. The summed E-state index contributed by atoms with van der Waals surface area (Å²) in [5.41, 5.74) is 1.89. The van der Waals surface area contributed by atoms with Crippen LogP contribution < -0.4 is 5.32 Å².